The number of aliphatic carboxylic acids is 1. The third-order valence-electron chi connectivity index (χ3n) is 5.92. The molecule has 1 heterocycles. The molecule has 0 radical (unpaired) electrons. The standard InChI is InChI=1S/C24H26N2O6/c27-22(26-12-16-11-15(13-31-16)23(28)29)9-10-25-24(30)32-14-21-19-7-3-1-5-17(19)18-6-2-4-8-20(18)21/h1-8,15-16,21H,9-14H2,(H,25,30)(H,26,27)(H,28,29)/t15-,16-/m0/s1. The number of hydrogen-bond donors (Lipinski definition) is 3. The van der Waals surface area contributed by atoms with Gasteiger partial charge in [-0.15, -0.1) is 0 Å². The van der Waals surface area contributed by atoms with Crippen LogP contribution >= 0.6 is 0 Å². The van der Waals surface area contributed by atoms with Crippen LogP contribution in [0, 0.1) is 5.92 Å². The molecule has 4 rings (SSSR count). The molecule has 2 aromatic carbocycles. The van der Waals surface area contributed by atoms with Crippen LogP contribution < -0.4 is 10.6 Å². The molecule has 0 aromatic heterocycles. The van der Waals surface area contributed by atoms with Gasteiger partial charge < -0.3 is 25.2 Å². The van der Waals surface area contributed by atoms with Gasteiger partial charge in [0.15, 0.2) is 0 Å². The molecule has 2 aromatic rings. The van der Waals surface area contributed by atoms with E-state index in [1.807, 2.05) is 24.3 Å². The second kappa shape index (κ2) is 9.82. The molecule has 0 spiro atoms. The van der Waals surface area contributed by atoms with Gasteiger partial charge in [0.2, 0.25) is 5.91 Å². The Bertz CT molecular complexity index is 962. The smallest absolute Gasteiger partial charge is 0.407 e. The molecule has 8 nitrogen and oxygen atoms in total. The zero-order chi connectivity index (χ0) is 22.5. The molecule has 1 saturated heterocycles. The number of carboxylic acid groups (broad SMARTS) is 1. The predicted molar refractivity (Wildman–Crippen MR) is 116 cm³/mol. The summed E-state index contributed by atoms with van der Waals surface area (Å²) >= 11 is 0. The van der Waals surface area contributed by atoms with E-state index < -0.39 is 18.0 Å². The third-order valence-corrected chi connectivity index (χ3v) is 5.92. The highest BCUT2D eigenvalue weighted by Gasteiger charge is 2.31. The summed E-state index contributed by atoms with van der Waals surface area (Å²) in [7, 11) is 0. The van der Waals surface area contributed by atoms with Gasteiger partial charge in [-0.3, -0.25) is 9.59 Å². The quantitative estimate of drug-likeness (QED) is 0.584. The van der Waals surface area contributed by atoms with Crippen molar-refractivity contribution >= 4 is 18.0 Å². The van der Waals surface area contributed by atoms with E-state index in [-0.39, 0.29) is 50.7 Å². The molecule has 2 amide bonds. The minimum Gasteiger partial charge on any atom is -0.481 e. The number of ether oxygens (including phenoxy) is 2. The molecule has 3 N–H and O–H groups in total. The lowest BCUT2D eigenvalue weighted by Crippen LogP contribution is -2.35. The summed E-state index contributed by atoms with van der Waals surface area (Å²) < 4.78 is 10.8. The van der Waals surface area contributed by atoms with E-state index in [4.69, 9.17) is 14.6 Å². The van der Waals surface area contributed by atoms with Crippen LogP contribution in [0.15, 0.2) is 48.5 Å². The van der Waals surface area contributed by atoms with Crippen molar-refractivity contribution in [3.63, 3.8) is 0 Å². The summed E-state index contributed by atoms with van der Waals surface area (Å²) in [5, 5.41) is 14.3. The predicted octanol–water partition coefficient (Wildman–Crippen LogP) is 2.52. The number of amides is 2. The average Bonchev–Trinajstić information content (AvgIpc) is 3.40. The number of nitrogens with one attached hydrogen (secondary N) is 2. The van der Waals surface area contributed by atoms with Crippen LogP contribution in [0.5, 0.6) is 0 Å². The summed E-state index contributed by atoms with van der Waals surface area (Å²) in [5.74, 6) is -1.66. The molecule has 0 saturated carbocycles. The van der Waals surface area contributed by atoms with Gasteiger partial charge in [0.25, 0.3) is 0 Å². The van der Waals surface area contributed by atoms with Gasteiger partial charge in [-0.05, 0) is 28.7 Å². The van der Waals surface area contributed by atoms with E-state index in [0.717, 1.165) is 22.3 Å². The Hall–Kier alpha value is -3.39. The molecule has 168 valence electrons. The van der Waals surface area contributed by atoms with Crippen LogP contribution in [0.4, 0.5) is 4.79 Å². The zero-order valence-electron chi connectivity index (χ0n) is 17.6. The molecule has 2 atom stereocenters. The van der Waals surface area contributed by atoms with Crippen molar-refractivity contribution in [3.05, 3.63) is 59.7 Å². The molecule has 2 aliphatic rings. The molecule has 32 heavy (non-hydrogen) atoms. The number of carbonyl (C=O) groups is 3. The van der Waals surface area contributed by atoms with E-state index in [2.05, 4.69) is 34.9 Å². The third kappa shape index (κ3) is 4.91. The van der Waals surface area contributed by atoms with Crippen molar-refractivity contribution < 1.29 is 29.0 Å². The number of carboxylic acids is 1. The van der Waals surface area contributed by atoms with Crippen molar-refractivity contribution in [1.82, 2.24) is 10.6 Å². The minimum atomic E-state index is -0.883. The maximum absolute atomic E-state index is 12.1. The fourth-order valence-corrected chi connectivity index (χ4v) is 4.26. The number of alkyl carbamates (subject to hydrolysis) is 1. The van der Waals surface area contributed by atoms with Gasteiger partial charge in [-0.25, -0.2) is 4.79 Å². The van der Waals surface area contributed by atoms with Crippen LogP contribution in [0.25, 0.3) is 11.1 Å². The maximum atomic E-state index is 12.1. The van der Waals surface area contributed by atoms with Crippen molar-refractivity contribution in [2.75, 3.05) is 26.3 Å². The average molecular weight is 438 g/mol. The Morgan fingerprint density at radius 2 is 1.66 bits per heavy atom. The van der Waals surface area contributed by atoms with Crippen LogP contribution in [-0.2, 0) is 19.1 Å². The highest BCUT2D eigenvalue weighted by atomic mass is 16.5. The number of rotatable bonds is 8. The van der Waals surface area contributed by atoms with E-state index in [1.165, 1.54) is 0 Å². The lowest BCUT2D eigenvalue weighted by Gasteiger charge is -2.15. The second-order valence-electron chi connectivity index (χ2n) is 8.03. The Morgan fingerprint density at radius 1 is 1.00 bits per heavy atom. The van der Waals surface area contributed by atoms with Gasteiger partial charge in [-0.2, -0.15) is 0 Å². The molecule has 0 bridgehead atoms. The number of hydrogen-bond acceptors (Lipinski definition) is 5. The summed E-state index contributed by atoms with van der Waals surface area (Å²) in [6.45, 7) is 0.786. The monoisotopic (exact) mass is 438 g/mol. The number of benzene rings is 2. The SMILES string of the molecule is O=C(CCNC(=O)OCC1c2ccccc2-c2ccccc21)NC[C@@H]1C[C@H](C(=O)O)CO1. The number of fused-ring (bicyclic) bond motifs is 3. The van der Waals surface area contributed by atoms with E-state index in [1.54, 1.807) is 0 Å². The topological polar surface area (TPSA) is 114 Å². The van der Waals surface area contributed by atoms with Gasteiger partial charge in [0, 0.05) is 25.4 Å². The summed E-state index contributed by atoms with van der Waals surface area (Å²) in [6.07, 6.45) is -0.384. The van der Waals surface area contributed by atoms with E-state index in [0.29, 0.717) is 6.42 Å². The maximum Gasteiger partial charge on any atom is 0.407 e. The fraction of sp³-hybridized carbons (Fsp3) is 0.375. The zero-order valence-corrected chi connectivity index (χ0v) is 17.6. The highest BCUT2D eigenvalue weighted by Crippen LogP contribution is 2.44. The first-order valence-electron chi connectivity index (χ1n) is 10.7. The lowest BCUT2D eigenvalue weighted by atomic mass is 9.98. The van der Waals surface area contributed by atoms with Crippen LogP contribution in [0.3, 0.4) is 0 Å². The largest absolute Gasteiger partial charge is 0.481 e. The molecular formula is C24H26N2O6. The summed E-state index contributed by atoms with van der Waals surface area (Å²) in [5.41, 5.74) is 4.60. The Labute approximate surface area is 185 Å². The Balaban J connectivity index is 1.18. The van der Waals surface area contributed by atoms with Crippen molar-refractivity contribution in [1.29, 1.82) is 0 Å². The van der Waals surface area contributed by atoms with Crippen LogP contribution in [-0.4, -0.2) is 55.5 Å². The highest BCUT2D eigenvalue weighted by molar-refractivity contribution is 5.79. The molecular weight excluding hydrogens is 412 g/mol. The first-order valence-corrected chi connectivity index (χ1v) is 10.7. The normalized spacial score (nSPS) is 19.1. The first-order chi connectivity index (χ1) is 15.5. The van der Waals surface area contributed by atoms with Gasteiger partial charge in [-0.1, -0.05) is 48.5 Å². The summed E-state index contributed by atoms with van der Waals surface area (Å²) in [6, 6.07) is 16.2. The van der Waals surface area contributed by atoms with Crippen molar-refractivity contribution in [2.24, 2.45) is 5.92 Å². The molecule has 1 aliphatic heterocycles. The Morgan fingerprint density at radius 3 is 2.28 bits per heavy atom. The molecule has 8 heteroatoms. The van der Waals surface area contributed by atoms with E-state index >= 15 is 0 Å². The number of carbonyl (C=O) groups excluding carboxylic acids is 2. The Kier molecular flexibility index (Phi) is 6.70. The van der Waals surface area contributed by atoms with Gasteiger partial charge in [0.1, 0.15) is 6.61 Å². The first kappa shape index (κ1) is 21.8. The van der Waals surface area contributed by atoms with E-state index in [9.17, 15) is 14.4 Å². The second-order valence-corrected chi connectivity index (χ2v) is 8.03. The van der Waals surface area contributed by atoms with Crippen molar-refractivity contribution in [2.45, 2.75) is 24.9 Å². The summed E-state index contributed by atoms with van der Waals surface area (Å²) in [4.78, 5) is 35.0. The fourth-order valence-electron chi connectivity index (χ4n) is 4.26. The van der Waals surface area contributed by atoms with Crippen molar-refractivity contribution in [3.8, 4) is 11.1 Å². The van der Waals surface area contributed by atoms with Gasteiger partial charge >= 0.3 is 12.1 Å². The van der Waals surface area contributed by atoms with Crippen LogP contribution in [0.1, 0.15) is 29.9 Å². The minimum absolute atomic E-state index is 0.0162. The molecule has 1 aliphatic carbocycles. The lowest BCUT2D eigenvalue weighted by molar-refractivity contribution is -0.141. The molecule has 1 fully saturated rings. The molecule has 0 unspecified atom stereocenters. The van der Waals surface area contributed by atoms with Gasteiger partial charge in [0.05, 0.1) is 18.6 Å². The van der Waals surface area contributed by atoms with Crippen LogP contribution in [0.2, 0.25) is 0 Å².